The minimum atomic E-state index is -0.831. The van der Waals surface area contributed by atoms with Crippen molar-refractivity contribution in [2.45, 2.75) is 37.6 Å². The first-order valence-electron chi connectivity index (χ1n) is 9.92. The molecule has 2 atom stereocenters. The average Bonchev–Trinajstić information content (AvgIpc) is 3.21. The lowest BCUT2D eigenvalue weighted by Crippen LogP contribution is -2.33. The molecule has 2 aromatic rings. The summed E-state index contributed by atoms with van der Waals surface area (Å²) in [5, 5.41) is 12.2. The molecular formula is C23H29NO5S. The molecule has 3 rings (SSSR count). The van der Waals surface area contributed by atoms with E-state index in [0.717, 1.165) is 11.3 Å². The topological polar surface area (TPSA) is 77.0 Å². The molecule has 1 heterocycles. The Labute approximate surface area is 181 Å². The Balaban J connectivity index is 1.56. The Hall–Kier alpha value is -2.38. The molecule has 1 aliphatic heterocycles. The summed E-state index contributed by atoms with van der Waals surface area (Å²) < 4.78 is 17.1. The van der Waals surface area contributed by atoms with Crippen LogP contribution in [0.2, 0.25) is 0 Å². The first-order chi connectivity index (χ1) is 14.3. The molecule has 0 aromatic heterocycles. The van der Waals surface area contributed by atoms with E-state index in [-0.39, 0.29) is 10.8 Å². The first-order valence-corrected chi connectivity index (χ1v) is 11.0. The number of hydrogen-bond donors (Lipinski definition) is 2. The van der Waals surface area contributed by atoms with Gasteiger partial charge in [-0.1, -0.05) is 39.0 Å². The molecule has 1 fully saturated rings. The summed E-state index contributed by atoms with van der Waals surface area (Å²) in [4.78, 5) is 11.2. The predicted octanol–water partition coefficient (Wildman–Crippen LogP) is 4.24. The molecular weight excluding hydrogens is 402 g/mol. The van der Waals surface area contributed by atoms with Gasteiger partial charge >= 0.3 is 5.97 Å². The maximum absolute atomic E-state index is 11.2. The van der Waals surface area contributed by atoms with Gasteiger partial charge in [0.25, 0.3) is 0 Å². The van der Waals surface area contributed by atoms with Crippen LogP contribution in [0.3, 0.4) is 0 Å². The second-order valence-electron chi connectivity index (χ2n) is 8.15. The van der Waals surface area contributed by atoms with Crippen molar-refractivity contribution in [3.8, 4) is 17.2 Å². The van der Waals surface area contributed by atoms with Gasteiger partial charge in [-0.2, -0.15) is 0 Å². The van der Waals surface area contributed by atoms with Gasteiger partial charge in [-0.3, -0.25) is 10.1 Å². The number of carboxylic acid groups (broad SMARTS) is 1. The minimum absolute atomic E-state index is 0.0862. The Bertz CT molecular complexity index is 863. The number of ether oxygens (including phenoxy) is 3. The number of nitrogens with one attached hydrogen (secondary N) is 1. The molecule has 30 heavy (non-hydrogen) atoms. The van der Waals surface area contributed by atoms with Crippen molar-refractivity contribution in [2.24, 2.45) is 0 Å². The molecule has 7 heteroatoms. The third-order valence-electron chi connectivity index (χ3n) is 4.90. The molecule has 0 spiro atoms. The molecule has 162 valence electrons. The van der Waals surface area contributed by atoms with E-state index >= 15 is 0 Å². The van der Waals surface area contributed by atoms with E-state index in [2.05, 4.69) is 38.2 Å². The van der Waals surface area contributed by atoms with Crippen LogP contribution in [0.4, 0.5) is 0 Å². The van der Waals surface area contributed by atoms with Crippen molar-refractivity contribution >= 4 is 17.7 Å². The van der Waals surface area contributed by atoms with Crippen LogP contribution in [-0.2, 0) is 10.2 Å². The van der Waals surface area contributed by atoms with Gasteiger partial charge in [0.2, 0.25) is 0 Å². The van der Waals surface area contributed by atoms with Crippen LogP contribution in [-0.4, -0.2) is 43.2 Å². The summed E-state index contributed by atoms with van der Waals surface area (Å²) in [6.45, 7) is 7.31. The van der Waals surface area contributed by atoms with Gasteiger partial charge in [0.1, 0.15) is 25.0 Å². The van der Waals surface area contributed by atoms with Gasteiger partial charge in [0.05, 0.1) is 12.5 Å². The Kier molecular flexibility index (Phi) is 7.15. The fourth-order valence-electron chi connectivity index (χ4n) is 3.14. The lowest BCUT2D eigenvalue weighted by atomic mass is 9.87. The third-order valence-corrected chi connectivity index (χ3v) is 6.17. The van der Waals surface area contributed by atoms with Crippen LogP contribution < -0.4 is 19.5 Å². The van der Waals surface area contributed by atoms with E-state index in [1.807, 2.05) is 30.3 Å². The summed E-state index contributed by atoms with van der Waals surface area (Å²) in [7, 11) is 1.60. The monoisotopic (exact) mass is 431 g/mol. The zero-order valence-corrected chi connectivity index (χ0v) is 18.6. The van der Waals surface area contributed by atoms with Crippen LogP contribution in [0.1, 0.15) is 37.3 Å². The van der Waals surface area contributed by atoms with Crippen molar-refractivity contribution in [3.05, 3.63) is 53.6 Å². The van der Waals surface area contributed by atoms with Gasteiger partial charge in [-0.05, 0) is 40.8 Å². The standard InChI is InChI=1S/C23H29NO5S/c1-23(2,3)16-6-8-17(9-7-16)28-11-12-29-20-13-15(5-10-19(20)27-4)21-24-18(14-30-21)22(25)26/h5-10,13,18,21,24H,11-12,14H2,1-4H3,(H,25,26). The second kappa shape index (κ2) is 9.62. The van der Waals surface area contributed by atoms with E-state index in [1.165, 1.54) is 5.56 Å². The summed E-state index contributed by atoms with van der Waals surface area (Å²) in [5.41, 5.74) is 2.33. The van der Waals surface area contributed by atoms with Crippen molar-refractivity contribution in [1.29, 1.82) is 0 Å². The SMILES string of the molecule is COc1ccc(C2NC(C(=O)O)CS2)cc1OCCOc1ccc(C(C)(C)C)cc1. The highest BCUT2D eigenvalue weighted by Gasteiger charge is 2.30. The third kappa shape index (κ3) is 5.61. The molecule has 0 radical (unpaired) electrons. The number of benzene rings is 2. The van der Waals surface area contributed by atoms with Crippen LogP contribution in [0, 0.1) is 0 Å². The molecule has 0 saturated carbocycles. The van der Waals surface area contributed by atoms with Crippen molar-refractivity contribution in [2.75, 3.05) is 26.1 Å². The van der Waals surface area contributed by atoms with Crippen LogP contribution in [0.5, 0.6) is 17.2 Å². The first kappa shape index (κ1) is 22.3. The van der Waals surface area contributed by atoms with E-state index < -0.39 is 12.0 Å². The zero-order chi connectivity index (χ0) is 21.7. The van der Waals surface area contributed by atoms with Gasteiger partial charge in [-0.25, -0.2) is 0 Å². The fraction of sp³-hybridized carbons (Fsp3) is 0.435. The lowest BCUT2D eigenvalue weighted by molar-refractivity contribution is -0.138. The molecule has 2 unspecified atom stereocenters. The molecule has 6 nitrogen and oxygen atoms in total. The number of aliphatic carboxylic acids is 1. The largest absolute Gasteiger partial charge is 0.493 e. The van der Waals surface area contributed by atoms with Gasteiger partial charge < -0.3 is 19.3 Å². The van der Waals surface area contributed by atoms with Gasteiger partial charge in [0.15, 0.2) is 11.5 Å². The highest BCUT2D eigenvalue weighted by molar-refractivity contribution is 7.99. The number of methoxy groups -OCH3 is 1. The lowest BCUT2D eigenvalue weighted by Gasteiger charge is -2.19. The highest BCUT2D eigenvalue weighted by Crippen LogP contribution is 2.37. The Morgan fingerprint density at radius 2 is 1.80 bits per heavy atom. The van der Waals surface area contributed by atoms with Crippen molar-refractivity contribution in [1.82, 2.24) is 5.32 Å². The Morgan fingerprint density at radius 1 is 1.10 bits per heavy atom. The number of rotatable bonds is 8. The molecule has 2 N–H and O–H groups in total. The zero-order valence-electron chi connectivity index (χ0n) is 17.8. The Morgan fingerprint density at radius 3 is 2.40 bits per heavy atom. The second-order valence-corrected chi connectivity index (χ2v) is 9.29. The molecule has 0 aliphatic carbocycles. The smallest absolute Gasteiger partial charge is 0.321 e. The average molecular weight is 432 g/mol. The predicted molar refractivity (Wildman–Crippen MR) is 119 cm³/mol. The van der Waals surface area contributed by atoms with Gasteiger partial charge in [0, 0.05) is 5.75 Å². The van der Waals surface area contributed by atoms with Crippen LogP contribution in [0.15, 0.2) is 42.5 Å². The van der Waals surface area contributed by atoms with E-state index in [9.17, 15) is 9.90 Å². The molecule has 1 saturated heterocycles. The number of carboxylic acids is 1. The van der Waals surface area contributed by atoms with Crippen molar-refractivity contribution < 1.29 is 24.1 Å². The fourth-order valence-corrected chi connectivity index (χ4v) is 4.36. The van der Waals surface area contributed by atoms with Gasteiger partial charge in [-0.15, -0.1) is 11.8 Å². The maximum atomic E-state index is 11.2. The molecule has 2 aromatic carbocycles. The molecule has 0 amide bonds. The summed E-state index contributed by atoms with van der Waals surface area (Å²) in [6, 6.07) is 13.2. The summed E-state index contributed by atoms with van der Waals surface area (Å²) >= 11 is 1.57. The summed E-state index contributed by atoms with van der Waals surface area (Å²) in [5.74, 6) is 1.75. The minimum Gasteiger partial charge on any atom is -0.493 e. The van der Waals surface area contributed by atoms with E-state index in [4.69, 9.17) is 14.2 Å². The summed E-state index contributed by atoms with van der Waals surface area (Å²) in [6.07, 6.45) is 0. The number of hydrogen-bond acceptors (Lipinski definition) is 6. The quantitative estimate of drug-likeness (QED) is 0.606. The normalized spacial score (nSPS) is 18.8. The van der Waals surface area contributed by atoms with Crippen LogP contribution in [0.25, 0.3) is 0 Å². The highest BCUT2D eigenvalue weighted by atomic mass is 32.2. The van der Waals surface area contributed by atoms with Crippen LogP contribution >= 0.6 is 11.8 Å². The van der Waals surface area contributed by atoms with E-state index in [0.29, 0.717) is 30.5 Å². The van der Waals surface area contributed by atoms with E-state index in [1.54, 1.807) is 18.9 Å². The number of carbonyl (C=O) groups is 1. The van der Waals surface area contributed by atoms with Crippen molar-refractivity contribution in [3.63, 3.8) is 0 Å². The molecule has 0 bridgehead atoms. The maximum Gasteiger partial charge on any atom is 0.321 e. The number of thioether (sulfide) groups is 1. The molecule has 1 aliphatic rings.